The van der Waals surface area contributed by atoms with Crippen molar-refractivity contribution in [3.05, 3.63) is 41.1 Å². The molecule has 0 atom stereocenters. The average Bonchev–Trinajstić information content (AvgIpc) is 3.10. The lowest BCUT2D eigenvalue weighted by atomic mass is 10.2. The van der Waals surface area contributed by atoms with Gasteiger partial charge in [-0.2, -0.15) is 17.7 Å². The summed E-state index contributed by atoms with van der Waals surface area (Å²) >= 11 is 0. The van der Waals surface area contributed by atoms with E-state index in [1.165, 1.54) is 0 Å². The molecule has 0 aliphatic carbocycles. The minimum atomic E-state index is -4.62. The molecule has 0 bridgehead atoms. The number of fused-ring (bicyclic) bond motifs is 1. The lowest BCUT2D eigenvalue weighted by Crippen LogP contribution is -2.22. The third kappa shape index (κ3) is 2.62. The summed E-state index contributed by atoms with van der Waals surface area (Å²) in [6.45, 7) is 3.87. The Bertz CT molecular complexity index is 838. The fourth-order valence-corrected chi connectivity index (χ4v) is 2.36. The Morgan fingerprint density at radius 1 is 1.22 bits per heavy atom. The largest absolute Gasteiger partial charge is 0.467 e. The molecule has 0 fully saturated rings. The third-order valence-corrected chi connectivity index (χ3v) is 3.66. The summed E-state index contributed by atoms with van der Waals surface area (Å²) in [7, 11) is 1.74. The van der Waals surface area contributed by atoms with Crippen LogP contribution in [0.1, 0.15) is 22.7 Å². The lowest BCUT2D eigenvalue weighted by Gasteiger charge is -2.20. The smallest absolute Gasteiger partial charge is 0.453 e. The van der Waals surface area contributed by atoms with Crippen LogP contribution >= 0.6 is 0 Å². The van der Waals surface area contributed by atoms with Gasteiger partial charge in [0.2, 0.25) is 0 Å². The van der Waals surface area contributed by atoms with E-state index < -0.39 is 12.0 Å². The summed E-state index contributed by atoms with van der Waals surface area (Å²) in [6, 6.07) is 3.54. The Balaban J connectivity index is 2.11. The van der Waals surface area contributed by atoms with Crippen molar-refractivity contribution in [3.8, 4) is 0 Å². The van der Waals surface area contributed by atoms with Gasteiger partial charge in [0, 0.05) is 18.2 Å². The SMILES string of the molecule is Cc1c(N(C)Cc2ccco2)nn2c(C(F)(F)F)nnc2c1C. The van der Waals surface area contributed by atoms with Gasteiger partial charge >= 0.3 is 6.18 Å². The quantitative estimate of drug-likeness (QED) is 0.741. The second-order valence-electron chi connectivity index (χ2n) is 5.27. The van der Waals surface area contributed by atoms with Crippen LogP contribution in [0.4, 0.5) is 19.0 Å². The van der Waals surface area contributed by atoms with Crippen molar-refractivity contribution in [1.82, 2.24) is 19.8 Å². The second-order valence-corrected chi connectivity index (χ2v) is 5.27. The maximum absolute atomic E-state index is 13.0. The van der Waals surface area contributed by atoms with Crippen LogP contribution in [0, 0.1) is 13.8 Å². The van der Waals surface area contributed by atoms with E-state index >= 15 is 0 Å². The molecule has 23 heavy (non-hydrogen) atoms. The van der Waals surface area contributed by atoms with Crippen LogP contribution < -0.4 is 4.90 Å². The number of aromatic nitrogens is 4. The molecule has 0 amide bonds. The molecule has 0 spiro atoms. The molecule has 3 rings (SSSR count). The van der Waals surface area contributed by atoms with E-state index in [-0.39, 0.29) is 5.65 Å². The van der Waals surface area contributed by atoms with Crippen molar-refractivity contribution < 1.29 is 17.6 Å². The first-order valence-electron chi connectivity index (χ1n) is 6.82. The number of furan rings is 1. The van der Waals surface area contributed by atoms with Gasteiger partial charge in [-0.3, -0.25) is 0 Å². The van der Waals surface area contributed by atoms with E-state index in [0.29, 0.717) is 23.7 Å². The monoisotopic (exact) mass is 325 g/mol. The van der Waals surface area contributed by atoms with E-state index in [1.54, 1.807) is 44.2 Å². The molecular formula is C14H14F3N5O. The Hall–Kier alpha value is -2.58. The van der Waals surface area contributed by atoms with Gasteiger partial charge in [-0.1, -0.05) is 0 Å². The number of anilines is 1. The molecule has 0 N–H and O–H groups in total. The molecule has 3 heterocycles. The van der Waals surface area contributed by atoms with Crippen LogP contribution in [0.25, 0.3) is 5.65 Å². The summed E-state index contributed by atoms with van der Waals surface area (Å²) in [5.74, 6) is -0.0359. The van der Waals surface area contributed by atoms with Gasteiger partial charge in [0.1, 0.15) is 5.76 Å². The van der Waals surface area contributed by atoms with Crippen molar-refractivity contribution in [2.24, 2.45) is 0 Å². The van der Waals surface area contributed by atoms with Crippen LogP contribution in [-0.4, -0.2) is 26.9 Å². The first-order valence-corrected chi connectivity index (χ1v) is 6.82. The van der Waals surface area contributed by atoms with Gasteiger partial charge < -0.3 is 9.32 Å². The van der Waals surface area contributed by atoms with E-state index in [9.17, 15) is 13.2 Å². The van der Waals surface area contributed by atoms with Crippen molar-refractivity contribution in [2.45, 2.75) is 26.6 Å². The topological polar surface area (TPSA) is 59.5 Å². The van der Waals surface area contributed by atoms with Gasteiger partial charge in [-0.25, -0.2) is 0 Å². The Kier molecular flexibility index (Phi) is 3.50. The first kappa shape index (κ1) is 15.3. The van der Waals surface area contributed by atoms with Crippen LogP contribution in [0.3, 0.4) is 0 Å². The predicted octanol–water partition coefficient (Wildman–Crippen LogP) is 2.99. The van der Waals surface area contributed by atoms with E-state index in [4.69, 9.17) is 4.42 Å². The number of halogens is 3. The highest BCUT2D eigenvalue weighted by Gasteiger charge is 2.38. The number of hydrogen-bond acceptors (Lipinski definition) is 5. The van der Waals surface area contributed by atoms with E-state index in [0.717, 1.165) is 10.1 Å². The molecule has 3 aromatic heterocycles. The standard InChI is InChI=1S/C14H14F3N5O/c1-8-9(2)12(21(3)7-10-5-4-6-23-10)20-22-11(8)18-19-13(22)14(15,16)17/h4-6H,7H2,1-3H3. The maximum atomic E-state index is 13.0. The normalized spacial score (nSPS) is 12.1. The number of rotatable bonds is 3. The van der Waals surface area contributed by atoms with Gasteiger partial charge in [0.25, 0.3) is 5.82 Å². The number of alkyl halides is 3. The molecule has 122 valence electrons. The zero-order chi connectivity index (χ0) is 16.8. The van der Waals surface area contributed by atoms with Crippen molar-refractivity contribution >= 4 is 11.5 Å². The Labute approximate surface area is 129 Å². The fraction of sp³-hybridized carbons (Fsp3) is 0.357. The van der Waals surface area contributed by atoms with Crippen molar-refractivity contribution in [1.29, 1.82) is 0 Å². The zero-order valence-electron chi connectivity index (χ0n) is 12.7. The van der Waals surface area contributed by atoms with Gasteiger partial charge in [-0.05, 0) is 26.0 Å². The molecular weight excluding hydrogens is 311 g/mol. The zero-order valence-corrected chi connectivity index (χ0v) is 12.7. The molecule has 3 aromatic rings. The highest BCUT2D eigenvalue weighted by molar-refractivity contribution is 5.59. The van der Waals surface area contributed by atoms with Crippen molar-refractivity contribution in [3.63, 3.8) is 0 Å². The molecule has 0 aromatic carbocycles. The van der Waals surface area contributed by atoms with E-state index in [1.807, 2.05) is 0 Å². The fourth-order valence-electron chi connectivity index (χ4n) is 2.36. The molecule has 0 unspecified atom stereocenters. The maximum Gasteiger partial charge on any atom is 0.453 e. The molecule has 0 saturated heterocycles. The van der Waals surface area contributed by atoms with Gasteiger partial charge in [0.05, 0.1) is 12.8 Å². The molecule has 0 aliphatic heterocycles. The highest BCUT2D eigenvalue weighted by Crippen LogP contribution is 2.30. The van der Waals surface area contributed by atoms with E-state index in [2.05, 4.69) is 15.3 Å². The van der Waals surface area contributed by atoms with Crippen LogP contribution in [-0.2, 0) is 12.7 Å². The molecule has 0 radical (unpaired) electrons. The molecule has 0 saturated carbocycles. The molecule has 9 heteroatoms. The van der Waals surface area contributed by atoms with Gasteiger partial charge in [0.15, 0.2) is 11.5 Å². The predicted molar refractivity (Wildman–Crippen MR) is 76.1 cm³/mol. The molecule has 0 aliphatic rings. The third-order valence-electron chi connectivity index (χ3n) is 3.66. The van der Waals surface area contributed by atoms with Crippen LogP contribution in [0.5, 0.6) is 0 Å². The first-order chi connectivity index (χ1) is 10.8. The minimum Gasteiger partial charge on any atom is -0.467 e. The number of hydrogen-bond donors (Lipinski definition) is 0. The average molecular weight is 325 g/mol. The summed E-state index contributed by atoms with van der Waals surface area (Å²) in [4.78, 5) is 1.72. The number of nitrogens with zero attached hydrogens (tertiary/aromatic N) is 5. The van der Waals surface area contributed by atoms with Gasteiger partial charge in [-0.15, -0.1) is 15.3 Å². The minimum absolute atomic E-state index is 0.102. The Morgan fingerprint density at radius 3 is 2.57 bits per heavy atom. The molecule has 6 nitrogen and oxygen atoms in total. The summed E-state index contributed by atoms with van der Waals surface area (Å²) in [5, 5.41) is 10.9. The van der Waals surface area contributed by atoms with Crippen molar-refractivity contribution in [2.75, 3.05) is 11.9 Å². The second kappa shape index (κ2) is 5.25. The van der Waals surface area contributed by atoms with Crippen LogP contribution in [0.2, 0.25) is 0 Å². The van der Waals surface area contributed by atoms with Crippen LogP contribution in [0.15, 0.2) is 22.8 Å². The summed E-state index contributed by atoms with van der Waals surface area (Å²) in [6.07, 6.45) is -3.08. The Morgan fingerprint density at radius 2 is 1.96 bits per heavy atom. The number of aryl methyl sites for hydroxylation is 1. The highest BCUT2D eigenvalue weighted by atomic mass is 19.4. The lowest BCUT2D eigenvalue weighted by molar-refractivity contribution is -0.146. The summed E-state index contributed by atoms with van der Waals surface area (Å²) in [5.41, 5.74) is 1.45. The summed E-state index contributed by atoms with van der Waals surface area (Å²) < 4.78 is 45.1.